The first kappa shape index (κ1) is 39.9. The van der Waals surface area contributed by atoms with Crippen molar-refractivity contribution >= 4 is 65.4 Å². The van der Waals surface area contributed by atoms with Crippen LogP contribution in [0.3, 0.4) is 0 Å². The molecule has 4 nitrogen and oxygen atoms in total. The second kappa shape index (κ2) is 17.2. The van der Waals surface area contributed by atoms with Crippen molar-refractivity contribution in [2.24, 2.45) is 0 Å². The van der Waals surface area contributed by atoms with Crippen LogP contribution in [0.4, 0.5) is 0 Å². The largest absolute Gasteiger partial charge is 0.492 e. The van der Waals surface area contributed by atoms with Gasteiger partial charge in [-0.1, -0.05) is 126 Å². The van der Waals surface area contributed by atoms with Gasteiger partial charge >= 0.3 is 0 Å². The number of benzene rings is 7. The van der Waals surface area contributed by atoms with E-state index in [-0.39, 0.29) is 0 Å². The monoisotopic (exact) mass is 813 g/mol. The van der Waals surface area contributed by atoms with E-state index in [1.165, 1.54) is 94.1 Å². The fourth-order valence-corrected chi connectivity index (χ4v) is 10.0. The average Bonchev–Trinajstić information content (AvgIpc) is 3.93. The molecule has 62 heavy (non-hydrogen) atoms. The van der Waals surface area contributed by atoms with E-state index in [0.717, 1.165) is 81.5 Å². The number of rotatable bonds is 16. The number of aryl methyl sites for hydroxylation is 3. The molecule has 3 aromatic heterocycles. The van der Waals surface area contributed by atoms with E-state index in [0.29, 0.717) is 6.61 Å². The number of para-hydroxylation sites is 3. The third-order valence-electron chi connectivity index (χ3n) is 13.3. The summed E-state index contributed by atoms with van der Waals surface area (Å²) in [4.78, 5) is 0. The van der Waals surface area contributed by atoms with E-state index in [1.54, 1.807) is 0 Å². The zero-order chi connectivity index (χ0) is 42.2. The first-order chi connectivity index (χ1) is 30.6. The number of fused-ring (bicyclic) bond motifs is 9. The minimum absolute atomic E-state index is 0.663. The Kier molecular flexibility index (Phi) is 11.1. The number of nitrogens with zero attached hydrogens (tertiary/aromatic N) is 3. The van der Waals surface area contributed by atoms with Crippen LogP contribution in [0.5, 0.6) is 5.75 Å². The first-order valence-corrected chi connectivity index (χ1v) is 23.5. The summed E-state index contributed by atoms with van der Waals surface area (Å²) in [5.74, 6) is 0.961. The molecule has 0 aliphatic heterocycles. The van der Waals surface area contributed by atoms with Gasteiger partial charge in [0.05, 0.1) is 6.61 Å². The second-order valence-corrected chi connectivity index (χ2v) is 17.4. The molecule has 0 unspecified atom stereocenters. The van der Waals surface area contributed by atoms with Crippen LogP contribution < -0.4 is 4.74 Å². The van der Waals surface area contributed by atoms with Gasteiger partial charge in [-0.15, -0.1) is 0 Å². The van der Waals surface area contributed by atoms with Crippen molar-refractivity contribution in [1.82, 2.24) is 13.7 Å². The predicted molar refractivity (Wildman–Crippen MR) is 267 cm³/mol. The Bertz CT molecular complexity index is 3080. The topological polar surface area (TPSA) is 24.0 Å². The Labute approximate surface area is 366 Å². The zero-order valence-electron chi connectivity index (χ0n) is 37.0. The van der Waals surface area contributed by atoms with Crippen LogP contribution in [0, 0.1) is 0 Å². The molecule has 3 heterocycles. The normalized spacial score (nSPS) is 12.0. The summed E-state index contributed by atoms with van der Waals surface area (Å²) in [6.45, 7) is 12.8. The highest BCUT2D eigenvalue weighted by Gasteiger charge is 2.21. The van der Waals surface area contributed by atoms with Gasteiger partial charge in [0, 0.05) is 96.2 Å². The van der Waals surface area contributed by atoms with Gasteiger partial charge in [-0.2, -0.15) is 0 Å². The summed E-state index contributed by atoms with van der Waals surface area (Å²) in [5.41, 5.74) is 14.9. The molecule has 0 bridgehead atoms. The number of aromatic nitrogens is 3. The first-order valence-electron chi connectivity index (χ1n) is 23.5. The molecule has 0 N–H and O–H groups in total. The molecule has 0 aliphatic carbocycles. The van der Waals surface area contributed by atoms with Crippen molar-refractivity contribution in [2.75, 3.05) is 6.61 Å². The van der Waals surface area contributed by atoms with Crippen LogP contribution in [-0.2, 0) is 19.6 Å². The van der Waals surface area contributed by atoms with Gasteiger partial charge in [0.15, 0.2) is 0 Å². The molecule has 0 saturated carbocycles. The van der Waals surface area contributed by atoms with Crippen LogP contribution in [0.15, 0.2) is 140 Å². The Balaban J connectivity index is 1.24. The van der Waals surface area contributed by atoms with Gasteiger partial charge in [0.2, 0.25) is 0 Å². The quantitative estimate of drug-likeness (QED) is 0.0892. The van der Waals surface area contributed by atoms with Gasteiger partial charge in [-0.3, -0.25) is 0 Å². The minimum Gasteiger partial charge on any atom is -0.492 e. The molecule has 0 saturated heterocycles. The van der Waals surface area contributed by atoms with Crippen LogP contribution in [0.1, 0.15) is 79.1 Å². The molecule has 0 atom stereocenters. The maximum atomic E-state index is 7.08. The van der Waals surface area contributed by atoms with Crippen LogP contribution in [-0.4, -0.2) is 20.3 Å². The van der Waals surface area contributed by atoms with E-state index in [9.17, 15) is 0 Å². The molecule has 0 amide bonds. The zero-order valence-corrected chi connectivity index (χ0v) is 37.0. The van der Waals surface area contributed by atoms with E-state index < -0.39 is 0 Å². The Morgan fingerprint density at radius 2 is 0.694 bits per heavy atom. The van der Waals surface area contributed by atoms with E-state index in [2.05, 4.69) is 181 Å². The SMILES string of the molecule is CCCCOc1c(-c2ccc3c(c2)c2ccccc2n3CCCC)cc(-c2ccc3c(c2)c2ccccc2n3CCCC)cc1-c1ccc2c(c1)c1ccccc1n2CCCC. The summed E-state index contributed by atoms with van der Waals surface area (Å²) in [5, 5.41) is 7.82. The van der Waals surface area contributed by atoms with Crippen molar-refractivity contribution in [3.8, 4) is 39.1 Å². The molecule has 4 heteroatoms. The fraction of sp³-hybridized carbons (Fsp3) is 0.276. The molecule has 312 valence electrons. The van der Waals surface area contributed by atoms with Gasteiger partial charge in [-0.05, 0) is 115 Å². The lowest BCUT2D eigenvalue weighted by Crippen LogP contribution is -2.01. The summed E-state index contributed by atoms with van der Waals surface area (Å²) in [6.07, 6.45) is 9.02. The minimum atomic E-state index is 0.663. The van der Waals surface area contributed by atoms with Gasteiger partial charge in [0.25, 0.3) is 0 Å². The highest BCUT2D eigenvalue weighted by atomic mass is 16.5. The van der Waals surface area contributed by atoms with Crippen molar-refractivity contribution in [1.29, 1.82) is 0 Å². The van der Waals surface area contributed by atoms with E-state index in [4.69, 9.17) is 4.74 Å². The average molecular weight is 814 g/mol. The predicted octanol–water partition coefficient (Wildman–Crippen LogP) is 16.6. The number of hydrogen-bond donors (Lipinski definition) is 0. The molecular formula is C58H59N3O. The van der Waals surface area contributed by atoms with Crippen LogP contribution in [0.2, 0.25) is 0 Å². The third-order valence-corrected chi connectivity index (χ3v) is 13.3. The van der Waals surface area contributed by atoms with Crippen molar-refractivity contribution in [3.05, 3.63) is 140 Å². The lowest BCUT2D eigenvalue weighted by atomic mass is 9.90. The summed E-state index contributed by atoms with van der Waals surface area (Å²) in [7, 11) is 0. The summed E-state index contributed by atoms with van der Waals surface area (Å²) in [6, 6.07) is 53.1. The molecule has 0 fully saturated rings. The second-order valence-electron chi connectivity index (χ2n) is 17.4. The van der Waals surface area contributed by atoms with Gasteiger partial charge in [0.1, 0.15) is 5.75 Å². The fourth-order valence-electron chi connectivity index (χ4n) is 10.0. The van der Waals surface area contributed by atoms with Gasteiger partial charge in [-0.25, -0.2) is 0 Å². The van der Waals surface area contributed by atoms with Gasteiger partial charge < -0.3 is 18.4 Å². The standard InChI is InChI=1S/C58H59N3O/c1-5-9-31-59-52-22-16-13-19-44(52)49-35-40(25-28-55(49)59)43-38-47(41-26-29-56-50(36-41)45-20-14-17-23-53(45)60(56)32-10-6-2)58(62-34-12-8-4)48(39-43)42-27-30-57-51(37-42)46-21-15-18-24-54(46)61(57)33-11-7-3/h13-30,35-39H,5-12,31-34H2,1-4H3. The molecule has 10 rings (SSSR count). The van der Waals surface area contributed by atoms with Crippen molar-refractivity contribution in [3.63, 3.8) is 0 Å². The maximum Gasteiger partial charge on any atom is 0.134 e. The number of ether oxygens (including phenoxy) is 1. The molecule has 10 aromatic rings. The lowest BCUT2D eigenvalue weighted by molar-refractivity contribution is 0.312. The van der Waals surface area contributed by atoms with Crippen LogP contribution >= 0.6 is 0 Å². The maximum absolute atomic E-state index is 7.08. The van der Waals surface area contributed by atoms with E-state index in [1.807, 2.05) is 0 Å². The molecule has 0 spiro atoms. The lowest BCUT2D eigenvalue weighted by Gasteiger charge is -2.20. The summed E-state index contributed by atoms with van der Waals surface area (Å²) < 4.78 is 14.7. The summed E-state index contributed by atoms with van der Waals surface area (Å²) >= 11 is 0. The smallest absolute Gasteiger partial charge is 0.134 e. The molecular weight excluding hydrogens is 755 g/mol. The van der Waals surface area contributed by atoms with Crippen molar-refractivity contribution in [2.45, 2.75) is 98.7 Å². The highest BCUT2D eigenvalue weighted by molar-refractivity contribution is 6.12. The Morgan fingerprint density at radius 3 is 1.10 bits per heavy atom. The molecule has 0 aliphatic rings. The Hall–Kier alpha value is -6.26. The highest BCUT2D eigenvalue weighted by Crippen LogP contribution is 2.46. The number of hydrogen-bond acceptors (Lipinski definition) is 1. The molecule has 0 radical (unpaired) electrons. The Morgan fingerprint density at radius 1 is 0.339 bits per heavy atom. The van der Waals surface area contributed by atoms with E-state index >= 15 is 0 Å². The number of unbranched alkanes of at least 4 members (excludes halogenated alkanes) is 4. The van der Waals surface area contributed by atoms with Crippen molar-refractivity contribution < 1.29 is 4.74 Å². The van der Waals surface area contributed by atoms with Crippen LogP contribution in [0.25, 0.3) is 98.8 Å². The third kappa shape index (κ3) is 6.94. The molecule has 7 aromatic carbocycles.